The molecular formula is C27H22ClN3O4. The summed E-state index contributed by atoms with van der Waals surface area (Å²) in [5, 5.41) is 34.5. The number of nitriles is 1. The average molecular weight is 488 g/mol. The van der Waals surface area contributed by atoms with E-state index in [-0.39, 0.29) is 11.8 Å². The first-order valence-corrected chi connectivity index (χ1v) is 11.8. The quantitative estimate of drug-likeness (QED) is 0.376. The molecule has 2 atom stereocenters. The summed E-state index contributed by atoms with van der Waals surface area (Å²) in [6.45, 7) is 2.26. The summed E-state index contributed by atoms with van der Waals surface area (Å²) in [6.07, 6.45) is 3.41. The molecule has 0 saturated carbocycles. The van der Waals surface area contributed by atoms with E-state index in [0.717, 1.165) is 10.8 Å². The van der Waals surface area contributed by atoms with Crippen molar-refractivity contribution in [2.24, 2.45) is 0 Å². The minimum absolute atomic E-state index is 0.0447. The summed E-state index contributed by atoms with van der Waals surface area (Å²) in [6, 6.07) is 16.6. The van der Waals surface area contributed by atoms with Crippen molar-refractivity contribution >= 4 is 22.4 Å². The monoisotopic (exact) mass is 487 g/mol. The van der Waals surface area contributed by atoms with Gasteiger partial charge < -0.3 is 19.7 Å². The average Bonchev–Trinajstić information content (AvgIpc) is 3.44. The Morgan fingerprint density at radius 2 is 1.86 bits per heavy atom. The molecule has 35 heavy (non-hydrogen) atoms. The first-order chi connectivity index (χ1) is 16.9. The number of ether oxygens (including phenoxy) is 2. The third-order valence-corrected chi connectivity index (χ3v) is 7.47. The van der Waals surface area contributed by atoms with Gasteiger partial charge in [0, 0.05) is 29.5 Å². The molecular weight excluding hydrogens is 466 g/mol. The van der Waals surface area contributed by atoms with Crippen molar-refractivity contribution in [1.29, 1.82) is 5.26 Å². The van der Waals surface area contributed by atoms with Crippen molar-refractivity contribution < 1.29 is 19.7 Å². The molecule has 8 heteroatoms. The minimum atomic E-state index is -0.786. The van der Waals surface area contributed by atoms with Crippen LogP contribution in [0.25, 0.3) is 16.5 Å². The molecule has 0 aliphatic carbocycles. The number of hydrogen-bond acceptors (Lipinski definition) is 6. The standard InChI is InChI=1S/C27H22ClN3O4/c1-26-10-11-27(35-26,12-13-34-21-9-7-17(28)15-30-21)23-22(26)24(32)31(25(23)33)20-8-6-16(14-29)18-4-2-3-5-19(18)20/h2-9,15,32-33H,10-13H2,1H3. The molecule has 2 aromatic carbocycles. The Morgan fingerprint density at radius 3 is 2.60 bits per heavy atom. The third kappa shape index (κ3) is 3.10. The van der Waals surface area contributed by atoms with E-state index in [1.165, 1.54) is 10.8 Å². The largest absolute Gasteiger partial charge is 0.494 e. The summed E-state index contributed by atoms with van der Waals surface area (Å²) >= 11 is 5.90. The summed E-state index contributed by atoms with van der Waals surface area (Å²) in [5.74, 6) is 0.357. The van der Waals surface area contributed by atoms with E-state index in [0.29, 0.717) is 59.1 Å². The number of aromatic nitrogens is 2. The number of nitrogens with zero attached hydrogens (tertiary/aromatic N) is 3. The lowest BCUT2D eigenvalue weighted by atomic mass is 9.78. The topological polar surface area (TPSA) is 101 Å². The SMILES string of the molecule is CC12CCC(CCOc3ccc(Cl)cn3)(O1)c1c2c(O)n(-c2ccc(C#N)c3ccccc23)c1O. The number of benzene rings is 2. The van der Waals surface area contributed by atoms with Gasteiger partial charge in [-0.25, -0.2) is 4.98 Å². The third-order valence-electron chi connectivity index (χ3n) is 7.25. The van der Waals surface area contributed by atoms with Crippen LogP contribution in [0.4, 0.5) is 0 Å². The Kier molecular flexibility index (Phi) is 4.75. The van der Waals surface area contributed by atoms with Crippen molar-refractivity contribution in [2.75, 3.05) is 6.61 Å². The van der Waals surface area contributed by atoms with Gasteiger partial charge in [0.2, 0.25) is 17.6 Å². The highest BCUT2D eigenvalue weighted by Crippen LogP contribution is 2.65. The lowest BCUT2D eigenvalue weighted by molar-refractivity contribution is -0.0877. The van der Waals surface area contributed by atoms with Crippen molar-refractivity contribution in [1.82, 2.24) is 9.55 Å². The molecule has 0 amide bonds. The zero-order valence-electron chi connectivity index (χ0n) is 19.0. The normalized spacial score (nSPS) is 22.3. The molecule has 2 aliphatic rings. The highest BCUT2D eigenvalue weighted by Gasteiger charge is 2.61. The van der Waals surface area contributed by atoms with Crippen LogP contribution in [0.2, 0.25) is 5.02 Å². The Hall–Kier alpha value is -3.73. The zero-order valence-corrected chi connectivity index (χ0v) is 19.7. The zero-order chi connectivity index (χ0) is 24.4. The van der Waals surface area contributed by atoms with Crippen molar-refractivity contribution in [2.45, 2.75) is 37.4 Å². The first kappa shape index (κ1) is 21.8. The summed E-state index contributed by atoms with van der Waals surface area (Å²) in [5.41, 5.74) is 0.838. The highest BCUT2D eigenvalue weighted by molar-refractivity contribution is 6.30. The summed E-state index contributed by atoms with van der Waals surface area (Å²) in [4.78, 5) is 4.17. The Balaban J connectivity index is 1.43. The second-order valence-electron chi connectivity index (χ2n) is 9.26. The Bertz CT molecular complexity index is 1520. The number of halogens is 1. The Morgan fingerprint density at radius 1 is 1.09 bits per heavy atom. The summed E-state index contributed by atoms with van der Waals surface area (Å²) in [7, 11) is 0. The number of fused-ring (bicyclic) bond motifs is 6. The lowest BCUT2D eigenvalue weighted by Crippen LogP contribution is -2.25. The van der Waals surface area contributed by atoms with Gasteiger partial charge in [-0.3, -0.25) is 4.57 Å². The van der Waals surface area contributed by atoms with Crippen LogP contribution in [-0.4, -0.2) is 26.4 Å². The molecule has 4 aromatic rings. The smallest absolute Gasteiger partial charge is 0.213 e. The van der Waals surface area contributed by atoms with Gasteiger partial charge in [-0.05, 0) is 38.0 Å². The predicted molar refractivity (Wildman–Crippen MR) is 130 cm³/mol. The van der Waals surface area contributed by atoms with Crippen LogP contribution in [0.5, 0.6) is 17.6 Å². The molecule has 7 nitrogen and oxygen atoms in total. The van der Waals surface area contributed by atoms with Gasteiger partial charge in [0.05, 0.1) is 45.7 Å². The van der Waals surface area contributed by atoms with Gasteiger partial charge in [-0.2, -0.15) is 5.26 Å². The van der Waals surface area contributed by atoms with Gasteiger partial charge in [0.15, 0.2) is 0 Å². The molecule has 0 spiro atoms. The van der Waals surface area contributed by atoms with Crippen LogP contribution >= 0.6 is 11.6 Å². The highest BCUT2D eigenvalue weighted by atomic mass is 35.5. The van der Waals surface area contributed by atoms with Crippen LogP contribution < -0.4 is 4.74 Å². The van der Waals surface area contributed by atoms with E-state index >= 15 is 0 Å². The second-order valence-corrected chi connectivity index (χ2v) is 9.70. The van der Waals surface area contributed by atoms with Crippen LogP contribution in [0, 0.1) is 11.3 Å². The molecule has 1 fully saturated rings. The fraction of sp³-hybridized carbons (Fsp3) is 0.259. The van der Waals surface area contributed by atoms with Crippen molar-refractivity contribution in [3.63, 3.8) is 0 Å². The predicted octanol–water partition coefficient (Wildman–Crippen LogP) is 5.67. The molecule has 2 aliphatic heterocycles. The van der Waals surface area contributed by atoms with Gasteiger partial charge in [-0.1, -0.05) is 35.9 Å². The van der Waals surface area contributed by atoms with E-state index < -0.39 is 11.2 Å². The maximum absolute atomic E-state index is 11.5. The maximum atomic E-state index is 11.5. The van der Waals surface area contributed by atoms with Crippen LogP contribution in [0.1, 0.15) is 42.9 Å². The van der Waals surface area contributed by atoms with E-state index in [4.69, 9.17) is 21.1 Å². The molecule has 176 valence electrons. The minimum Gasteiger partial charge on any atom is -0.494 e. The maximum Gasteiger partial charge on any atom is 0.213 e. The number of rotatable bonds is 5. The number of pyridine rings is 1. The van der Waals surface area contributed by atoms with Crippen LogP contribution in [0.15, 0.2) is 54.7 Å². The molecule has 1 saturated heterocycles. The van der Waals surface area contributed by atoms with Crippen LogP contribution in [0.3, 0.4) is 0 Å². The van der Waals surface area contributed by atoms with E-state index in [1.807, 2.05) is 31.2 Å². The number of aromatic hydroxyl groups is 2. The van der Waals surface area contributed by atoms with Gasteiger partial charge >= 0.3 is 0 Å². The lowest BCUT2D eigenvalue weighted by Gasteiger charge is -2.26. The first-order valence-electron chi connectivity index (χ1n) is 11.4. The molecule has 4 heterocycles. The molecule has 2 aromatic heterocycles. The van der Waals surface area contributed by atoms with E-state index in [2.05, 4.69) is 11.1 Å². The molecule has 6 rings (SSSR count). The molecule has 2 unspecified atom stereocenters. The van der Waals surface area contributed by atoms with E-state index in [1.54, 1.807) is 24.3 Å². The second kappa shape index (κ2) is 7.64. The van der Waals surface area contributed by atoms with Gasteiger partial charge in [0.25, 0.3) is 0 Å². The van der Waals surface area contributed by atoms with Crippen molar-refractivity contribution in [3.8, 4) is 29.4 Å². The fourth-order valence-corrected chi connectivity index (χ4v) is 5.79. The van der Waals surface area contributed by atoms with Gasteiger partial charge in [0.1, 0.15) is 5.60 Å². The van der Waals surface area contributed by atoms with Gasteiger partial charge in [-0.15, -0.1) is 0 Å². The molecule has 2 bridgehead atoms. The Labute approximate surface area is 206 Å². The van der Waals surface area contributed by atoms with E-state index in [9.17, 15) is 15.5 Å². The van der Waals surface area contributed by atoms with Crippen LogP contribution in [-0.2, 0) is 15.9 Å². The fourth-order valence-electron chi connectivity index (χ4n) is 5.68. The van der Waals surface area contributed by atoms with Crippen molar-refractivity contribution in [3.05, 3.63) is 76.4 Å². The molecule has 0 radical (unpaired) electrons. The summed E-state index contributed by atoms with van der Waals surface area (Å²) < 4.78 is 13.8. The number of hydrogen-bond donors (Lipinski definition) is 2. The molecule has 2 N–H and O–H groups in total.